The van der Waals surface area contributed by atoms with Crippen molar-refractivity contribution in [2.24, 2.45) is 23.7 Å². The lowest BCUT2D eigenvalue weighted by atomic mass is 9.87. The third-order valence-corrected chi connectivity index (χ3v) is 7.53. The van der Waals surface area contributed by atoms with Crippen molar-refractivity contribution in [2.75, 3.05) is 19.6 Å². The first-order valence-corrected chi connectivity index (χ1v) is 13.0. The predicted molar refractivity (Wildman–Crippen MR) is 129 cm³/mol. The van der Waals surface area contributed by atoms with Gasteiger partial charge in [-0.2, -0.15) is 0 Å². The Hall–Kier alpha value is -0.640. The fourth-order valence-electron chi connectivity index (χ4n) is 5.58. The topological polar surface area (TPSA) is 43.7 Å². The van der Waals surface area contributed by atoms with E-state index in [4.69, 9.17) is 0 Å². The number of allylic oxidation sites excluding steroid dienone is 1. The van der Waals surface area contributed by atoms with Crippen molar-refractivity contribution in [3.8, 4) is 0 Å². The van der Waals surface area contributed by atoms with E-state index in [2.05, 4.69) is 44.7 Å². The number of aliphatic hydroxyl groups is 2. The summed E-state index contributed by atoms with van der Waals surface area (Å²) in [5, 5.41) is 21.0. The number of hydrogen-bond acceptors (Lipinski definition) is 3. The van der Waals surface area contributed by atoms with Crippen LogP contribution in [0.2, 0.25) is 0 Å². The normalized spacial score (nSPS) is 28.3. The number of rotatable bonds is 15. The number of nitrogens with zero attached hydrogens (tertiary/aromatic N) is 1. The van der Waals surface area contributed by atoms with E-state index in [0.29, 0.717) is 17.8 Å². The Balaban J connectivity index is 1.73. The van der Waals surface area contributed by atoms with Crippen LogP contribution < -0.4 is 0 Å². The molecule has 1 fully saturated rings. The standard InChI is InChI=1S/C27H49NO2/c1-5-8-12-21(4)17-24(29)14-15-25-26-19-22(18-23(26)20-27(25)30)13-10-9-11-16-28(6-2)7-3/h14-15,18,21-22,24-27,29-30H,5-13,16-17,19-20H2,1-4H3/t21-,22?,24+,25+,26+,27+/m0/s1. The van der Waals surface area contributed by atoms with Gasteiger partial charge in [0.1, 0.15) is 0 Å². The van der Waals surface area contributed by atoms with Crippen molar-refractivity contribution in [3.63, 3.8) is 0 Å². The lowest BCUT2D eigenvalue weighted by Gasteiger charge is -2.20. The fourth-order valence-corrected chi connectivity index (χ4v) is 5.58. The second-order valence-electron chi connectivity index (χ2n) is 10.0. The van der Waals surface area contributed by atoms with E-state index in [1.807, 2.05) is 6.08 Å². The molecule has 1 saturated carbocycles. The monoisotopic (exact) mass is 419 g/mol. The van der Waals surface area contributed by atoms with Crippen LogP contribution in [0, 0.1) is 23.7 Å². The van der Waals surface area contributed by atoms with Crippen LogP contribution in [-0.4, -0.2) is 47.0 Å². The van der Waals surface area contributed by atoms with Crippen LogP contribution in [0.1, 0.15) is 91.9 Å². The first-order chi connectivity index (χ1) is 14.5. The fraction of sp³-hybridized carbons (Fsp3) is 0.852. The minimum Gasteiger partial charge on any atom is -0.392 e. The maximum absolute atomic E-state index is 10.6. The lowest BCUT2D eigenvalue weighted by Crippen LogP contribution is -2.23. The molecule has 1 unspecified atom stereocenters. The third-order valence-electron chi connectivity index (χ3n) is 7.53. The van der Waals surface area contributed by atoms with Gasteiger partial charge in [-0.25, -0.2) is 0 Å². The van der Waals surface area contributed by atoms with Crippen molar-refractivity contribution >= 4 is 0 Å². The molecule has 0 bridgehead atoms. The van der Waals surface area contributed by atoms with Crippen molar-refractivity contribution in [1.29, 1.82) is 0 Å². The van der Waals surface area contributed by atoms with Crippen LogP contribution in [0.15, 0.2) is 23.8 Å². The van der Waals surface area contributed by atoms with E-state index in [1.54, 1.807) is 0 Å². The molecule has 2 rings (SSSR count). The number of aliphatic hydroxyl groups excluding tert-OH is 2. The molecule has 0 heterocycles. The molecule has 2 N–H and O–H groups in total. The van der Waals surface area contributed by atoms with Crippen LogP contribution >= 0.6 is 0 Å². The molecule has 0 aromatic heterocycles. The summed E-state index contributed by atoms with van der Waals surface area (Å²) in [5.41, 5.74) is 1.48. The molecule has 2 aliphatic rings. The van der Waals surface area contributed by atoms with Crippen molar-refractivity contribution in [3.05, 3.63) is 23.8 Å². The van der Waals surface area contributed by atoms with Gasteiger partial charge >= 0.3 is 0 Å². The van der Waals surface area contributed by atoms with E-state index in [-0.39, 0.29) is 18.1 Å². The first kappa shape index (κ1) is 25.6. The minimum absolute atomic E-state index is 0.199. The smallest absolute Gasteiger partial charge is 0.0723 e. The van der Waals surface area contributed by atoms with Gasteiger partial charge in [-0.3, -0.25) is 0 Å². The summed E-state index contributed by atoms with van der Waals surface area (Å²) in [7, 11) is 0. The van der Waals surface area contributed by atoms with Crippen LogP contribution in [0.5, 0.6) is 0 Å². The summed E-state index contributed by atoms with van der Waals surface area (Å²) in [6, 6.07) is 0. The molecule has 6 atom stereocenters. The zero-order valence-electron chi connectivity index (χ0n) is 20.2. The molecule has 0 radical (unpaired) electrons. The highest BCUT2D eigenvalue weighted by Crippen LogP contribution is 2.47. The maximum atomic E-state index is 10.6. The molecule has 3 nitrogen and oxygen atoms in total. The molecule has 0 amide bonds. The summed E-state index contributed by atoms with van der Waals surface area (Å²) in [4.78, 5) is 2.51. The van der Waals surface area contributed by atoms with E-state index in [9.17, 15) is 10.2 Å². The Bertz CT molecular complexity index is 525. The van der Waals surface area contributed by atoms with Crippen LogP contribution in [0.3, 0.4) is 0 Å². The van der Waals surface area contributed by atoms with E-state index >= 15 is 0 Å². The molecule has 0 aliphatic heterocycles. The van der Waals surface area contributed by atoms with Gasteiger partial charge in [-0.1, -0.05) is 83.6 Å². The van der Waals surface area contributed by atoms with Crippen molar-refractivity contribution in [1.82, 2.24) is 4.90 Å². The van der Waals surface area contributed by atoms with Crippen LogP contribution in [0.25, 0.3) is 0 Å². The summed E-state index contributed by atoms with van der Waals surface area (Å²) in [6.45, 7) is 12.5. The molecule has 174 valence electrons. The van der Waals surface area contributed by atoms with Gasteiger partial charge in [0, 0.05) is 5.92 Å². The summed E-state index contributed by atoms with van der Waals surface area (Å²) in [6.07, 6.45) is 17.7. The second kappa shape index (κ2) is 13.7. The minimum atomic E-state index is -0.375. The van der Waals surface area contributed by atoms with E-state index in [0.717, 1.165) is 25.9 Å². The average molecular weight is 420 g/mol. The van der Waals surface area contributed by atoms with Gasteiger partial charge in [-0.15, -0.1) is 0 Å². The summed E-state index contributed by atoms with van der Waals surface area (Å²) >= 11 is 0. The maximum Gasteiger partial charge on any atom is 0.0723 e. The van der Waals surface area contributed by atoms with E-state index in [1.165, 1.54) is 63.5 Å². The summed E-state index contributed by atoms with van der Waals surface area (Å²) in [5.74, 6) is 1.96. The Kier molecular flexibility index (Phi) is 11.7. The Labute approximate surface area is 186 Å². The highest BCUT2D eigenvalue weighted by Gasteiger charge is 2.41. The molecule has 3 heteroatoms. The highest BCUT2D eigenvalue weighted by atomic mass is 16.3. The largest absolute Gasteiger partial charge is 0.392 e. The van der Waals surface area contributed by atoms with Crippen molar-refractivity contribution in [2.45, 2.75) is 104 Å². The molecule has 0 aromatic rings. The number of fused-ring (bicyclic) bond motifs is 1. The molecule has 0 saturated heterocycles. The van der Waals surface area contributed by atoms with Gasteiger partial charge in [-0.05, 0) is 69.5 Å². The van der Waals surface area contributed by atoms with Gasteiger partial charge in [0.05, 0.1) is 12.2 Å². The van der Waals surface area contributed by atoms with Gasteiger partial charge in [0.2, 0.25) is 0 Å². The molecule has 30 heavy (non-hydrogen) atoms. The number of hydrogen-bond donors (Lipinski definition) is 2. The van der Waals surface area contributed by atoms with Crippen LogP contribution in [0.4, 0.5) is 0 Å². The molecular formula is C27H49NO2. The second-order valence-corrected chi connectivity index (χ2v) is 10.0. The first-order valence-electron chi connectivity index (χ1n) is 13.0. The van der Waals surface area contributed by atoms with Gasteiger partial charge in [0.25, 0.3) is 0 Å². The zero-order valence-corrected chi connectivity index (χ0v) is 20.2. The predicted octanol–water partition coefficient (Wildman–Crippen LogP) is 5.97. The van der Waals surface area contributed by atoms with Crippen LogP contribution in [-0.2, 0) is 0 Å². The Morgan fingerprint density at radius 1 is 1.13 bits per heavy atom. The Morgan fingerprint density at radius 2 is 1.90 bits per heavy atom. The Morgan fingerprint density at radius 3 is 2.60 bits per heavy atom. The zero-order chi connectivity index (χ0) is 21.9. The highest BCUT2D eigenvalue weighted by molar-refractivity contribution is 5.26. The SMILES string of the molecule is CCCC[C@H](C)C[C@H](O)C=C[C@H]1[C@H](O)CC2=CC(CCCCCN(CC)CC)C[C@H]21. The van der Waals surface area contributed by atoms with Crippen molar-refractivity contribution < 1.29 is 10.2 Å². The molecule has 2 aliphatic carbocycles. The molecular weight excluding hydrogens is 370 g/mol. The molecule has 0 spiro atoms. The third kappa shape index (κ3) is 8.13. The lowest BCUT2D eigenvalue weighted by molar-refractivity contribution is 0.135. The summed E-state index contributed by atoms with van der Waals surface area (Å²) < 4.78 is 0. The quantitative estimate of drug-likeness (QED) is 0.254. The van der Waals surface area contributed by atoms with E-state index < -0.39 is 0 Å². The van der Waals surface area contributed by atoms with Gasteiger partial charge in [0.15, 0.2) is 0 Å². The average Bonchev–Trinajstić information content (AvgIpc) is 3.23. The number of unbranched alkanes of at least 4 members (excludes halogenated alkanes) is 3. The van der Waals surface area contributed by atoms with Gasteiger partial charge < -0.3 is 15.1 Å². The molecule has 0 aromatic carbocycles.